The highest BCUT2D eigenvalue weighted by Crippen LogP contribution is 2.15. The van der Waals surface area contributed by atoms with Crippen LogP contribution in [0.25, 0.3) is 0 Å². The quantitative estimate of drug-likeness (QED) is 0.777. The molecular weight excluding hydrogens is 299 g/mol. The van der Waals surface area contributed by atoms with E-state index < -0.39 is 20.9 Å². The molecule has 0 N–H and O–H groups in total. The Morgan fingerprint density at radius 1 is 1.56 bits per heavy atom. The molecule has 0 aliphatic heterocycles. The minimum absolute atomic E-state index is 0.323. The lowest BCUT2D eigenvalue weighted by molar-refractivity contribution is 0.458. The molecule has 1 aromatic heterocycles. The molecule has 1 rings (SSSR count). The van der Waals surface area contributed by atoms with Crippen LogP contribution < -0.4 is 0 Å². The molecule has 0 radical (unpaired) electrons. The van der Waals surface area contributed by atoms with Gasteiger partial charge in [-0.1, -0.05) is 15.9 Å². The van der Waals surface area contributed by atoms with Crippen molar-refractivity contribution in [1.29, 1.82) is 0 Å². The maximum absolute atomic E-state index is 13.3. The highest BCUT2D eigenvalue weighted by Gasteiger charge is 2.25. The highest BCUT2D eigenvalue weighted by molar-refractivity contribution is 9.09. The van der Waals surface area contributed by atoms with Gasteiger partial charge in [0, 0.05) is 25.1 Å². The van der Waals surface area contributed by atoms with E-state index in [4.69, 9.17) is 0 Å². The van der Waals surface area contributed by atoms with Crippen LogP contribution in [0, 0.1) is 5.82 Å². The Morgan fingerprint density at radius 3 is 2.81 bits per heavy atom. The van der Waals surface area contributed by atoms with E-state index >= 15 is 0 Å². The second kappa shape index (κ2) is 5.70. The summed E-state index contributed by atoms with van der Waals surface area (Å²) in [4.78, 5) is 3.56. The molecular formula is C9H12BrFN2O2S. The third-order valence-electron chi connectivity index (χ3n) is 1.99. The molecule has 90 valence electrons. The third-order valence-corrected chi connectivity index (χ3v) is 4.34. The van der Waals surface area contributed by atoms with Gasteiger partial charge in [0.15, 0.2) is 5.82 Å². The molecule has 1 heterocycles. The number of aromatic nitrogens is 1. The average Bonchev–Trinajstić information content (AvgIpc) is 2.26. The van der Waals surface area contributed by atoms with Gasteiger partial charge in [0.25, 0.3) is 10.0 Å². The topological polar surface area (TPSA) is 50.3 Å². The smallest absolute Gasteiger partial charge is 0.241 e. The maximum atomic E-state index is 13.3. The normalized spacial score (nSPS) is 12.0. The number of hydrogen-bond donors (Lipinski definition) is 0. The number of hydrogen-bond acceptors (Lipinski definition) is 3. The van der Waals surface area contributed by atoms with Crippen LogP contribution in [-0.2, 0) is 10.0 Å². The predicted octanol–water partition coefficient (Wildman–Crippen LogP) is 1.63. The van der Waals surface area contributed by atoms with Crippen LogP contribution in [0.5, 0.6) is 0 Å². The van der Waals surface area contributed by atoms with Crippen LogP contribution in [0.15, 0.2) is 23.4 Å². The Bertz CT molecular complexity index is 453. The molecule has 0 fully saturated rings. The van der Waals surface area contributed by atoms with E-state index in [9.17, 15) is 12.8 Å². The Hall–Kier alpha value is -0.530. The Labute approximate surface area is 103 Å². The standard InChI is InChI=1S/C9H12BrFN2O2S/c1-13(7-3-5-10)16(14,15)9-8(11)4-2-6-12-9/h2,4,6H,3,5,7H2,1H3. The fourth-order valence-electron chi connectivity index (χ4n) is 1.11. The predicted molar refractivity (Wildman–Crippen MR) is 62.4 cm³/mol. The molecule has 4 nitrogen and oxygen atoms in total. The average molecular weight is 311 g/mol. The van der Waals surface area contributed by atoms with Gasteiger partial charge >= 0.3 is 0 Å². The zero-order valence-electron chi connectivity index (χ0n) is 8.73. The van der Waals surface area contributed by atoms with Gasteiger partial charge in [0.2, 0.25) is 5.03 Å². The van der Waals surface area contributed by atoms with Gasteiger partial charge in [0.05, 0.1) is 0 Å². The van der Waals surface area contributed by atoms with E-state index in [1.165, 1.54) is 19.3 Å². The van der Waals surface area contributed by atoms with Crippen molar-refractivity contribution in [3.63, 3.8) is 0 Å². The molecule has 0 aromatic carbocycles. The van der Waals surface area contributed by atoms with Gasteiger partial charge in [-0.3, -0.25) is 0 Å². The van der Waals surface area contributed by atoms with Crippen LogP contribution in [0.2, 0.25) is 0 Å². The molecule has 0 unspecified atom stereocenters. The SMILES string of the molecule is CN(CCCBr)S(=O)(=O)c1ncccc1F. The Balaban J connectivity index is 2.98. The van der Waals surface area contributed by atoms with Crippen molar-refractivity contribution >= 4 is 26.0 Å². The Kier molecular flexibility index (Phi) is 4.82. The number of sulfonamides is 1. The first-order valence-corrected chi connectivity index (χ1v) is 7.19. The first-order chi connectivity index (χ1) is 7.50. The first kappa shape index (κ1) is 13.5. The maximum Gasteiger partial charge on any atom is 0.263 e. The van der Waals surface area contributed by atoms with Crippen molar-refractivity contribution in [2.45, 2.75) is 11.4 Å². The van der Waals surface area contributed by atoms with Crippen LogP contribution >= 0.6 is 15.9 Å². The number of nitrogens with zero attached hydrogens (tertiary/aromatic N) is 2. The minimum atomic E-state index is -3.82. The summed E-state index contributed by atoms with van der Waals surface area (Å²) in [6.45, 7) is 0.323. The summed E-state index contributed by atoms with van der Waals surface area (Å²) in [6, 6.07) is 2.44. The van der Waals surface area contributed by atoms with E-state index in [1.807, 2.05) is 0 Å². The molecule has 16 heavy (non-hydrogen) atoms. The van der Waals surface area contributed by atoms with E-state index in [1.54, 1.807) is 0 Å². The number of rotatable bonds is 5. The molecule has 0 aliphatic carbocycles. The number of pyridine rings is 1. The lowest BCUT2D eigenvalue weighted by atomic mass is 10.5. The van der Waals surface area contributed by atoms with Crippen molar-refractivity contribution in [2.24, 2.45) is 0 Å². The lowest BCUT2D eigenvalue weighted by Gasteiger charge is -2.15. The van der Waals surface area contributed by atoms with Gasteiger partial charge in [-0.05, 0) is 18.6 Å². The summed E-state index contributed by atoms with van der Waals surface area (Å²) in [5, 5.41) is 0.171. The van der Waals surface area contributed by atoms with Crippen LogP contribution in [0.1, 0.15) is 6.42 Å². The molecule has 0 atom stereocenters. The third kappa shape index (κ3) is 2.99. The zero-order chi connectivity index (χ0) is 12.2. The zero-order valence-corrected chi connectivity index (χ0v) is 11.1. The summed E-state index contributed by atoms with van der Waals surface area (Å²) in [5.74, 6) is -0.826. The summed E-state index contributed by atoms with van der Waals surface area (Å²) in [5.41, 5.74) is 0. The molecule has 0 bridgehead atoms. The summed E-state index contributed by atoms with van der Waals surface area (Å²) >= 11 is 3.20. The highest BCUT2D eigenvalue weighted by atomic mass is 79.9. The summed E-state index contributed by atoms with van der Waals surface area (Å²) < 4.78 is 38.1. The molecule has 0 saturated carbocycles. The number of alkyl halides is 1. The minimum Gasteiger partial charge on any atom is -0.241 e. The van der Waals surface area contributed by atoms with E-state index in [0.717, 1.165) is 10.4 Å². The van der Waals surface area contributed by atoms with Gasteiger partial charge in [0.1, 0.15) is 0 Å². The van der Waals surface area contributed by atoms with Crippen molar-refractivity contribution in [3.8, 4) is 0 Å². The van der Waals surface area contributed by atoms with E-state index in [-0.39, 0.29) is 0 Å². The molecule has 0 spiro atoms. The van der Waals surface area contributed by atoms with Crippen LogP contribution in [0.3, 0.4) is 0 Å². The molecule has 0 aliphatic rings. The molecule has 0 amide bonds. The van der Waals surface area contributed by atoms with E-state index in [0.29, 0.717) is 18.3 Å². The van der Waals surface area contributed by atoms with Gasteiger partial charge in [-0.2, -0.15) is 4.31 Å². The second-order valence-electron chi connectivity index (χ2n) is 3.16. The van der Waals surface area contributed by atoms with Crippen molar-refractivity contribution < 1.29 is 12.8 Å². The largest absolute Gasteiger partial charge is 0.263 e. The summed E-state index contributed by atoms with van der Waals surface area (Å²) in [6.07, 6.45) is 1.92. The fourth-order valence-corrected chi connectivity index (χ4v) is 2.54. The molecule has 0 saturated heterocycles. The van der Waals surface area contributed by atoms with Crippen molar-refractivity contribution in [1.82, 2.24) is 9.29 Å². The first-order valence-electron chi connectivity index (χ1n) is 4.63. The number of halogens is 2. The summed E-state index contributed by atoms with van der Waals surface area (Å²) in [7, 11) is -2.41. The van der Waals surface area contributed by atoms with Gasteiger partial charge < -0.3 is 0 Å². The van der Waals surface area contributed by atoms with Crippen molar-refractivity contribution in [3.05, 3.63) is 24.1 Å². The molecule has 7 heteroatoms. The fraction of sp³-hybridized carbons (Fsp3) is 0.444. The van der Waals surface area contributed by atoms with Crippen molar-refractivity contribution in [2.75, 3.05) is 18.9 Å². The van der Waals surface area contributed by atoms with Gasteiger partial charge in [-0.15, -0.1) is 0 Å². The monoisotopic (exact) mass is 310 g/mol. The van der Waals surface area contributed by atoms with Crippen LogP contribution in [0.4, 0.5) is 4.39 Å². The van der Waals surface area contributed by atoms with Crippen LogP contribution in [-0.4, -0.2) is 36.6 Å². The van der Waals surface area contributed by atoms with E-state index in [2.05, 4.69) is 20.9 Å². The second-order valence-corrected chi connectivity index (χ2v) is 5.91. The van der Waals surface area contributed by atoms with Gasteiger partial charge in [-0.25, -0.2) is 17.8 Å². The lowest BCUT2D eigenvalue weighted by Crippen LogP contribution is -2.29. The Morgan fingerprint density at radius 2 is 2.25 bits per heavy atom. The molecule has 1 aromatic rings.